The normalized spacial score (nSPS) is 10.9. The van der Waals surface area contributed by atoms with Gasteiger partial charge in [0.05, 0.1) is 20.3 Å². The number of hydrogen-bond donors (Lipinski definition) is 3. The van der Waals surface area contributed by atoms with Gasteiger partial charge in [0.1, 0.15) is 0 Å². The standard InChI is InChI=1S/C21H28N4O3/c1-4-22-21(24-14-13-23-20(26)16-9-7-6-8-10-16)25-17-11-12-18(27-3)19(15-17)28-5-2/h6-12,15H,4-5,13-14H2,1-3H3,(H,23,26)(H2,22,24,25). The molecule has 0 spiro atoms. The number of carbonyl (C=O) groups is 1. The summed E-state index contributed by atoms with van der Waals surface area (Å²) >= 11 is 0. The molecular weight excluding hydrogens is 356 g/mol. The Hall–Kier alpha value is -3.22. The largest absolute Gasteiger partial charge is 0.493 e. The number of nitrogens with zero attached hydrogens (tertiary/aromatic N) is 1. The first kappa shape index (κ1) is 21.1. The lowest BCUT2D eigenvalue weighted by molar-refractivity contribution is 0.0955. The van der Waals surface area contributed by atoms with E-state index in [0.717, 1.165) is 12.2 Å². The van der Waals surface area contributed by atoms with Crippen LogP contribution in [0.15, 0.2) is 53.5 Å². The van der Waals surface area contributed by atoms with Crippen LogP contribution in [-0.2, 0) is 0 Å². The molecule has 0 radical (unpaired) electrons. The average molecular weight is 384 g/mol. The molecule has 28 heavy (non-hydrogen) atoms. The lowest BCUT2D eigenvalue weighted by atomic mass is 10.2. The SMILES string of the molecule is CCNC(=NCCNC(=O)c1ccccc1)Nc1ccc(OC)c(OCC)c1. The topological polar surface area (TPSA) is 84.0 Å². The minimum Gasteiger partial charge on any atom is -0.493 e. The van der Waals surface area contributed by atoms with E-state index < -0.39 is 0 Å². The van der Waals surface area contributed by atoms with E-state index in [1.54, 1.807) is 19.2 Å². The van der Waals surface area contributed by atoms with Gasteiger partial charge in [-0.1, -0.05) is 18.2 Å². The summed E-state index contributed by atoms with van der Waals surface area (Å²) in [5.74, 6) is 1.87. The Morgan fingerprint density at radius 2 is 1.82 bits per heavy atom. The number of amides is 1. The molecule has 0 aliphatic rings. The molecule has 3 N–H and O–H groups in total. The third-order valence-electron chi connectivity index (χ3n) is 3.77. The molecule has 0 heterocycles. The fourth-order valence-corrected chi connectivity index (χ4v) is 2.50. The number of ether oxygens (including phenoxy) is 2. The van der Waals surface area contributed by atoms with E-state index in [0.29, 0.717) is 42.7 Å². The van der Waals surface area contributed by atoms with Crippen LogP contribution in [0.4, 0.5) is 5.69 Å². The van der Waals surface area contributed by atoms with Crippen LogP contribution >= 0.6 is 0 Å². The van der Waals surface area contributed by atoms with Gasteiger partial charge in [0.2, 0.25) is 0 Å². The van der Waals surface area contributed by atoms with Crippen molar-refractivity contribution in [2.24, 2.45) is 4.99 Å². The summed E-state index contributed by atoms with van der Waals surface area (Å²) < 4.78 is 10.9. The second-order valence-electron chi connectivity index (χ2n) is 5.81. The number of benzene rings is 2. The third kappa shape index (κ3) is 6.50. The molecule has 1 amide bonds. The maximum atomic E-state index is 12.0. The Morgan fingerprint density at radius 3 is 2.50 bits per heavy atom. The van der Waals surface area contributed by atoms with Crippen molar-refractivity contribution in [2.75, 3.05) is 38.7 Å². The second kappa shape index (κ2) is 11.5. The predicted molar refractivity (Wildman–Crippen MR) is 113 cm³/mol. The van der Waals surface area contributed by atoms with Crippen LogP contribution < -0.4 is 25.4 Å². The summed E-state index contributed by atoms with van der Waals surface area (Å²) in [5.41, 5.74) is 1.47. The highest BCUT2D eigenvalue weighted by Crippen LogP contribution is 2.30. The molecule has 0 bridgehead atoms. The maximum absolute atomic E-state index is 12.0. The van der Waals surface area contributed by atoms with Gasteiger partial charge >= 0.3 is 0 Å². The van der Waals surface area contributed by atoms with E-state index in [1.165, 1.54) is 0 Å². The Kier molecular flexibility index (Phi) is 8.65. The highest BCUT2D eigenvalue weighted by molar-refractivity contribution is 5.95. The number of methoxy groups -OCH3 is 1. The molecule has 150 valence electrons. The molecule has 2 aromatic carbocycles. The molecule has 7 nitrogen and oxygen atoms in total. The molecule has 2 rings (SSSR count). The fraction of sp³-hybridized carbons (Fsp3) is 0.333. The van der Waals surface area contributed by atoms with Crippen molar-refractivity contribution in [3.63, 3.8) is 0 Å². The summed E-state index contributed by atoms with van der Waals surface area (Å²) in [6.07, 6.45) is 0. The lowest BCUT2D eigenvalue weighted by Gasteiger charge is -2.14. The summed E-state index contributed by atoms with van der Waals surface area (Å²) in [5, 5.41) is 9.29. The van der Waals surface area contributed by atoms with E-state index in [2.05, 4.69) is 20.9 Å². The van der Waals surface area contributed by atoms with Crippen LogP contribution in [0, 0.1) is 0 Å². The molecule has 7 heteroatoms. The molecule has 2 aromatic rings. The van der Waals surface area contributed by atoms with Gasteiger partial charge in [0.15, 0.2) is 17.5 Å². The number of aliphatic imine (C=N–C) groups is 1. The molecule has 0 aliphatic carbocycles. The number of guanidine groups is 1. The van der Waals surface area contributed by atoms with E-state index in [4.69, 9.17) is 9.47 Å². The van der Waals surface area contributed by atoms with Crippen molar-refractivity contribution in [1.82, 2.24) is 10.6 Å². The first-order valence-electron chi connectivity index (χ1n) is 9.37. The van der Waals surface area contributed by atoms with E-state index >= 15 is 0 Å². The molecule has 0 unspecified atom stereocenters. The Labute approximate surface area is 166 Å². The molecule has 0 saturated heterocycles. The molecule has 0 atom stereocenters. The number of nitrogens with one attached hydrogen (secondary N) is 3. The molecule has 0 saturated carbocycles. The van der Waals surface area contributed by atoms with Crippen LogP contribution in [0.25, 0.3) is 0 Å². The van der Waals surface area contributed by atoms with Gasteiger partial charge in [-0.2, -0.15) is 0 Å². The van der Waals surface area contributed by atoms with Gasteiger partial charge < -0.3 is 25.4 Å². The van der Waals surface area contributed by atoms with E-state index in [1.807, 2.05) is 50.2 Å². The summed E-state index contributed by atoms with van der Waals surface area (Å²) in [6.45, 7) is 6.08. The van der Waals surface area contributed by atoms with Gasteiger partial charge in [-0.25, -0.2) is 0 Å². The second-order valence-corrected chi connectivity index (χ2v) is 5.81. The van der Waals surface area contributed by atoms with Crippen LogP contribution in [0.1, 0.15) is 24.2 Å². The first-order valence-corrected chi connectivity index (χ1v) is 9.37. The van der Waals surface area contributed by atoms with Gasteiger partial charge in [-0.15, -0.1) is 0 Å². The minimum atomic E-state index is -0.106. The van der Waals surface area contributed by atoms with Crippen molar-refractivity contribution >= 4 is 17.6 Å². The molecule has 0 aromatic heterocycles. The number of rotatable bonds is 9. The Balaban J connectivity index is 1.95. The van der Waals surface area contributed by atoms with Crippen molar-refractivity contribution in [2.45, 2.75) is 13.8 Å². The highest BCUT2D eigenvalue weighted by atomic mass is 16.5. The smallest absolute Gasteiger partial charge is 0.251 e. The van der Waals surface area contributed by atoms with Gasteiger partial charge in [0.25, 0.3) is 5.91 Å². The first-order chi connectivity index (χ1) is 13.7. The zero-order chi connectivity index (χ0) is 20.2. The molecular formula is C21H28N4O3. The maximum Gasteiger partial charge on any atom is 0.251 e. The Bertz CT molecular complexity index is 778. The number of carbonyl (C=O) groups excluding carboxylic acids is 1. The average Bonchev–Trinajstić information content (AvgIpc) is 2.72. The van der Waals surface area contributed by atoms with Crippen LogP contribution in [0.2, 0.25) is 0 Å². The monoisotopic (exact) mass is 384 g/mol. The summed E-state index contributed by atoms with van der Waals surface area (Å²) in [6, 6.07) is 14.7. The van der Waals surface area contributed by atoms with Crippen molar-refractivity contribution < 1.29 is 14.3 Å². The highest BCUT2D eigenvalue weighted by Gasteiger charge is 2.07. The summed E-state index contributed by atoms with van der Waals surface area (Å²) in [4.78, 5) is 16.5. The predicted octanol–water partition coefficient (Wildman–Crippen LogP) is 2.90. The van der Waals surface area contributed by atoms with Gasteiger partial charge in [-0.05, 0) is 38.1 Å². The minimum absolute atomic E-state index is 0.106. The molecule has 0 fully saturated rings. The van der Waals surface area contributed by atoms with Crippen molar-refractivity contribution in [3.8, 4) is 11.5 Å². The van der Waals surface area contributed by atoms with Crippen molar-refractivity contribution in [3.05, 3.63) is 54.1 Å². The van der Waals surface area contributed by atoms with Gasteiger partial charge in [-0.3, -0.25) is 9.79 Å². The number of anilines is 1. The summed E-state index contributed by atoms with van der Waals surface area (Å²) in [7, 11) is 1.61. The third-order valence-corrected chi connectivity index (χ3v) is 3.77. The van der Waals surface area contributed by atoms with Gasteiger partial charge in [0, 0.05) is 30.4 Å². The van der Waals surface area contributed by atoms with Crippen LogP contribution in [-0.4, -0.2) is 45.2 Å². The van der Waals surface area contributed by atoms with Crippen LogP contribution in [0.5, 0.6) is 11.5 Å². The van der Waals surface area contributed by atoms with Crippen LogP contribution in [0.3, 0.4) is 0 Å². The zero-order valence-electron chi connectivity index (χ0n) is 16.6. The zero-order valence-corrected chi connectivity index (χ0v) is 16.6. The molecule has 0 aliphatic heterocycles. The van der Waals surface area contributed by atoms with E-state index in [9.17, 15) is 4.79 Å². The van der Waals surface area contributed by atoms with E-state index in [-0.39, 0.29) is 5.91 Å². The fourth-order valence-electron chi connectivity index (χ4n) is 2.50. The lowest BCUT2D eigenvalue weighted by Crippen LogP contribution is -2.32. The van der Waals surface area contributed by atoms with Crippen molar-refractivity contribution in [1.29, 1.82) is 0 Å². The number of hydrogen-bond acceptors (Lipinski definition) is 4. The Morgan fingerprint density at radius 1 is 1.04 bits per heavy atom. The quantitative estimate of drug-likeness (QED) is 0.352.